The van der Waals surface area contributed by atoms with E-state index in [-0.39, 0.29) is 17.5 Å². The third kappa shape index (κ3) is 4.38. The van der Waals surface area contributed by atoms with Gasteiger partial charge in [0.05, 0.1) is 17.8 Å². The zero-order valence-electron chi connectivity index (χ0n) is 15.8. The van der Waals surface area contributed by atoms with Gasteiger partial charge in [0, 0.05) is 18.9 Å². The first-order valence-corrected chi connectivity index (χ1v) is 9.88. The third-order valence-corrected chi connectivity index (χ3v) is 5.73. The molecule has 2 aliphatic heterocycles. The smallest absolute Gasteiger partial charge is 0.254 e. The standard InChI is InChI=1S/C21H26FN5O/c22-18-6-2-1-5-17(18)21(28)24-13-15-7-10-27(11-8-15)20-12-19(25-26-20)16-4-3-9-23-14-16/h1-6,9,14-15,19-20,25-26H,7-8,10-13H2,(H,24,28). The molecule has 6 nitrogen and oxygen atoms in total. The number of benzene rings is 1. The van der Waals surface area contributed by atoms with Crippen LogP contribution in [0.4, 0.5) is 4.39 Å². The van der Waals surface area contributed by atoms with Gasteiger partial charge in [-0.2, -0.15) is 0 Å². The molecule has 2 aliphatic rings. The fraction of sp³-hybridized carbons (Fsp3) is 0.429. The van der Waals surface area contributed by atoms with Crippen LogP contribution in [0.25, 0.3) is 0 Å². The Morgan fingerprint density at radius 2 is 2.00 bits per heavy atom. The van der Waals surface area contributed by atoms with Gasteiger partial charge >= 0.3 is 0 Å². The van der Waals surface area contributed by atoms with Crippen molar-refractivity contribution in [3.63, 3.8) is 0 Å². The first-order chi connectivity index (χ1) is 13.7. The molecule has 0 saturated carbocycles. The molecule has 148 valence electrons. The van der Waals surface area contributed by atoms with E-state index in [2.05, 4.69) is 32.1 Å². The zero-order chi connectivity index (χ0) is 19.3. The van der Waals surface area contributed by atoms with Crippen molar-refractivity contribution in [3.8, 4) is 0 Å². The molecule has 0 spiro atoms. The van der Waals surface area contributed by atoms with Crippen LogP contribution >= 0.6 is 0 Å². The number of nitrogens with one attached hydrogen (secondary N) is 3. The number of likely N-dealkylation sites (tertiary alicyclic amines) is 1. The Bertz CT molecular complexity index is 794. The molecule has 2 aromatic rings. The summed E-state index contributed by atoms with van der Waals surface area (Å²) in [4.78, 5) is 18.8. The summed E-state index contributed by atoms with van der Waals surface area (Å²) < 4.78 is 13.7. The van der Waals surface area contributed by atoms with Gasteiger partial charge < -0.3 is 5.32 Å². The minimum atomic E-state index is -0.474. The Labute approximate surface area is 164 Å². The molecular weight excluding hydrogens is 357 g/mol. The number of hydrogen-bond donors (Lipinski definition) is 3. The molecule has 1 aromatic carbocycles. The van der Waals surface area contributed by atoms with Crippen LogP contribution in [0, 0.1) is 11.7 Å². The third-order valence-electron chi connectivity index (χ3n) is 5.73. The van der Waals surface area contributed by atoms with E-state index in [0.29, 0.717) is 18.6 Å². The zero-order valence-corrected chi connectivity index (χ0v) is 15.8. The fourth-order valence-electron chi connectivity index (χ4n) is 4.03. The van der Waals surface area contributed by atoms with Crippen molar-refractivity contribution in [1.29, 1.82) is 0 Å². The van der Waals surface area contributed by atoms with Crippen molar-refractivity contribution in [2.24, 2.45) is 5.92 Å². The molecule has 28 heavy (non-hydrogen) atoms. The van der Waals surface area contributed by atoms with E-state index in [1.54, 1.807) is 18.3 Å². The van der Waals surface area contributed by atoms with Gasteiger partial charge in [-0.25, -0.2) is 15.2 Å². The van der Waals surface area contributed by atoms with Gasteiger partial charge in [-0.05, 0) is 62.0 Å². The summed E-state index contributed by atoms with van der Waals surface area (Å²) in [7, 11) is 0. The predicted octanol–water partition coefficient (Wildman–Crippen LogP) is 2.23. The number of halogens is 1. The number of rotatable bonds is 5. The SMILES string of the molecule is O=C(NCC1CCN(C2CC(c3cccnc3)NN2)CC1)c1ccccc1F. The average Bonchev–Trinajstić information content (AvgIpc) is 3.24. The lowest BCUT2D eigenvalue weighted by atomic mass is 9.95. The van der Waals surface area contributed by atoms with Gasteiger partial charge in [-0.1, -0.05) is 18.2 Å². The van der Waals surface area contributed by atoms with E-state index < -0.39 is 5.82 Å². The van der Waals surface area contributed by atoms with Crippen LogP contribution in [0.15, 0.2) is 48.8 Å². The molecule has 0 bridgehead atoms. The number of nitrogens with zero attached hydrogens (tertiary/aromatic N) is 2. The number of amides is 1. The molecule has 2 saturated heterocycles. The van der Waals surface area contributed by atoms with Gasteiger partial charge in [0.1, 0.15) is 5.82 Å². The van der Waals surface area contributed by atoms with Crippen molar-refractivity contribution in [2.45, 2.75) is 31.5 Å². The Kier molecular flexibility index (Phi) is 5.95. The van der Waals surface area contributed by atoms with E-state index in [0.717, 1.165) is 32.4 Å². The molecule has 4 rings (SSSR count). The van der Waals surface area contributed by atoms with E-state index >= 15 is 0 Å². The number of piperidine rings is 1. The van der Waals surface area contributed by atoms with Crippen LogP contribution in [0.5, 0.6) is 0 Å². The van der Waals surface area contributed by atoms with Crippen molar-refractivity contribution in [2.75, 3.05) is 19.6 Å². The van der Waals surface area contributed by atoms with Crippen LogP contribution in [-0.4, -0.2) is 41.6 Å². The van der Waals surface area contributed by atoms with Crippen molar-refractivity contribution in [1.82, 2.24) is 26.1 Å². The average molecular weight is 383 g/mol. The number of pyridine rings is 1. The number of aromatic nitrogens is 1. The summed E-state index contributed by atoms with van der Waals surface area (Å²) in [5.41, 5.74) is 8.09. The second-order valence-electron chi connectivity index (χ2n) is 7.55. The molecule has 2 atom stereocenters. The molecular formula is C21H26FN5O. The molecule has 0 radical (unpaired) electrons. The lowest BCUT2D eigenvalue weighted by molar-refractivity contribution is 0.0911. The van der Waals surface area contributed by atoms with Crippen molar-refractivity contribution in [3.05, 3.63) is 65.7 Å². The topological polar surface area (TPSA) is 69.3 Å². The summed E-state index contributed by atoms with van der Waals surface area (Å²) in [6.45, 7) is 2.56. The lowest BCUT2D eigenvalue weighted by Crippen LogP contribution is -2.49. The van der Waals surface area contributed by atoms with Gasteiger partial charge in [0.15, 0.2) is 0 Å². The molecule has 0 aliphatic carbocycles. The van der Waals surface area contributed by atoms with Crippen LogP contribution in [-0.2, 0) is 0 Å². The largest absolute Gasteiger partial charge is 0.352 e. The molecule has 7 heteroatoms. The molecule has 3 N–H and O–H groups in total. The van der Waals surface area contributed by atoms with Gasteiger partial charge in [-0.3, -0.25) is 14.7 Å². The maximum Gasteiger partial charge on any atom is 0.254 e. The number of hydrazine groups is 1. The minimum absolute atomic E-state index is 0.114. The Morgan fingerprint density at radius 3 is 2.75 bits per heavy atom. The predicted molar refractivity (Wildman–Crippen MR) is 105 cm³/mol. The molecule has 2 fully saturated rings. The van der Waals surface area contributed by atoms with Gasteiger partial charge in [0.25, 0.3) is 5.91 Å². The first kappa shape index (κ1) is 19.0. The summed E-state index contributed by atoms with van der Waals surface area (Å²) >= 11 is 0. The van der Waals surface area contributed by atoms with E-state index in [4.69, 9.17) is 0 Å². The Balaban J connectivity index is 1.22. The summed E-state index contributed by atoms with van der Waals surface area (Å²) in [5, 5.41) is 2.89. The molecule has 2 unspecified atom stereocenters. The number of carbonyl (C=O) groups excluding carboxylic acids is 1. The quantitative estimate of drug-likeness (QED) is 0.739. The van der Waals surface area contributed by atoms with E-state index in [1.165, 1.54) is 17.7 Å². The maximum absolute atomic E-state index is 13.7. The Morgan fingerprint density at radius 1 is 1.18 bits per heavy atom. The highest BCUT2D eigenvalue weighted by molar-refractivity contribution is 5.94. The number of hydrogen-bond acceptors (Lipinski definition) is 5. The highest BCUT2D eigenvalue weighted by Crippen LogP contribution is 2.26. The van der Waals surface area contributed by atoms with Gasteiger partial charge in [0.2, 0.25) is 0 Å². The normalized spacial score (nSPS) is 23.6. The lowest BCUT2D eigenvalue weighted by Gasteiger charge is -2.35. The number of carbonyl (C=O) groups is 1. The molecule has 1 amide bonds. The molecule has 1 aromatic heterocycles. The van der Waals surface area contributed by atoms with E-state index in [1.807, 2.05) is 12.3 Å². The maximum atomic E-state index is 13.7. The second-order valence-corrected chi connectivity index (χ2v) is 7.55. The van der Waals surface area contributed by atoms with Crippen LogP contribution in [0.1, 0.15) is 41.2 Å². The van der Waals surface area contributed by atoms with Crippen LogP contribution in [0.3, 0.4) is 0 Å². The van der Waals surface area contributed by atoms with E-state index in [9.17, 15) is 9.18 Å². The first-order valence-electron chi connectivity index (χ1n) is 9.88. The van der Waals surface area contributed by atoms with Crippen LogP contribution < -0.4 is 16.2 Å². The summed E-state index contributed by atoms with van der Waals surface area (Å²) in [6.07, 6.45) is 7.05. The minimum Gasteiger partial charge on any atom is -0.352 e. The van der Waals surface area contributed by atoms with Crippen LogP contribution in [0.2, 0.25) is 0 Å². The fourth-order valence-corrected chi connectivity index (χ4v) is 4.03. The highest BCUT2D eigenvalue weighted by atomic mass is 19.1. The Hall–Kier alpha value is -2.35. The summed E-state index contributed by atoms with van der Waals surface area (Å²) in [6, 6.07) is 10.4. The highest BCUT2D eigenvalue weighted by Gasteiger charge is 2.32. The van der Waals surface area contributed by atoms with Crippen molar-refractivity contribution < 1.29 is 9.18 Å². The monoisotopic (exact) mass is 383 g/mol. The second kappa shape index (κ2) is 8.77. The van der Waals surface area contributed by atoms with Gasteiger partial charge in [-0.15, -0.1) is 0 Å². The molecule has 3 heterocycles. The summed E-state index contributed by atoms with van der Waals surface area (Å²) in [5.74, 6) is -0.380. The van der Waals surface area contributed by atoms with Crippen molar-refractivity contribution >= 4 is 5.91 Å².